The number of hydrogen-bond donors (Lipinski definition) is 0. The zero-order valence-corrected chi connectivity index (χ0v) is 14.9. The monoisotopic (exact) mass is 360 g/mol. The Morgan fingerprint density at radius 2 is 2.00 bits per heavy atom. The highest BCUT2D eigenvalue weighted by atomic mass is 35.5. The predicted molar refractivity (Wildman–Crippen MR) is 90.6 cm³/mol. The third-order valence-electron chi connectivity index (χ3n) is 3.81. The van der Waals surface area contributed by atoms with Gasteiger partial charge in [-0.2, -0.15) is 0 Å². The summed E-state index contributed by atoms with van der Waals surface area (Å²) in [6.07, 6.45) is 3.29. The highest BCUT2D eigenvalue weighted by molar-refractivity contribution is 7.92. The molecule has 1 aromatic carbocycles. The van der Waals surface area contributed by atoms with Crippen molar-refractivity contribution in [1.82, 2.24) is 4.90 Å². The topological polar surface area (TPSA) is 66.9 Å². The number of amides is 1. The molecule has 0 unspecified atom stereocenters. The molecule has 1 heterocycles. The first-order valence-electron chi connectivity index (χ1n) is 7.42. The largest absolute Gasteiger partial charge is 0.495 e. The van der Waals surface area contributed by atoms with Crippen LogP contribution >= 0.6 is 11.6 Å². The Labute approximate surface area is 142 Å². The van der Waals surface area contributed by atoms with Gasteiger partial charge in [0.1, 0.15) is 5.75 Å². The summed E-state index contributed by atoms with van der Waals surface area (Å²) in [5.74, 6) is 0.452. The zero-order chi connectivity index (χ0) is 17.0. The van der Waals surface area contributed by atoms with Crippen molar-refractivity contribution in [2.75, 3.05) is 37.3 Å². The molecule has 0 aliphatic carbocycles. The zero-order valence-electron chi connectivity index (χ0n) is 13.3. The second-order valence-electron chi connectivity index (χ2n) is 5.49. The van der Waals surface area contributed by atoms with Crippen LogP contribution in [-0.2, 0) is 14.8 Å². The molecule has 1 aliphatic heterocycles. The summed E-state index contributed by atoms with van der Waals surface area (Å²) in [6.45, 7) is 1.61. The lowest BCUT2D eigenvalue weighted by Crippen LogP contribution is -2.35. The molecule has 0 spiro atoms. The van der Waals surface area contributed by atoms with E-state index < -0.39 is 10.0 Å². The van der Waals surface area contributed by atoms with E-state index in [1.165, 1.54) is 17.5 Å². The molecule has 0 N–H and O–H groups in total. The van der Waals surface area contributed by atoms with Crippen molar-refractivity contribution in [3.05, 3.63) is 23.2 Å². The molecule has 1 fully saturated rings. The van der Waals surface area contributed by atoms with Crippen LogP contribution in [0.2, 0.25) is 5.02 Å². The Morgan fingerprint density at radius 3 is 2.52 bits per heavy atom. The van der Waals surface area contributed by atoms with Crippen molar-refractivity contribution in [2.45, 2.75) is 19.3 Å². The van der Waals surface area contributed by atoms with Crippen molar-refractivity contribution in [2.24, 2.45) is 0 Å². The minimum atomic E-state index is -3.51. The van der Waals surface area contributed by atoms with E-state index in [0.29, 0.717) is 16.5 Å². The van der Waals surface area contributed by atoms with Crippen molar-refractivity contribution in [3.63, 3.8) is 0 Å². The molecule has 23 heavy (non-hydrogen) atoms. The number of anilines is 1. The Bertz CT molecular complexity index is 672. The van der Waals surface area contributed by atoms with E-state index in [1.54, 1.807) is 17.0 Å². The summed E-state index contributed by atoms with van der Waals surface area (Å²) in [6, 6.07) is 4.76. The highest BCUT2D eigenvalue weighted by Gasteiger charge is 2.23. The van der Waals surface area contributed by atoms with Crippen molar-refractivity contribution < 1.29 is 17.9 Å². The Hall–Kier alpha value is -1.47. The van der Waals surface area contributed by atoms with Crippen molar-refractivity contribution in [3.8, 4) is 5.75 Å². The molecule has 0 saturated carbocycles. The van der Waals surface area contributed by atoms with Gasteiger partial charge in [-0.1, -0.05) is 11.6 Å². The van der Waals surface area contributed by atoms with Gasteiger partial charge in [0.05, 0.1) is 24.1 Å². The van der Waals surface area contributed by atoms with Gasteiger partial charge < -0.3 is 9.64 Å². The molecular weight excluding hydrogens is 340 g/mol. The maximum atomic E-state index is 12.1. The molecule has 6 nitrogen and oxygen atoms in total. The number of carbonyl (C=O) groups excluding carboxylic acids is 1. The maximum absolute atomic E-state index is 12.1. The number of benzene rings is 1. The van der Waals surface area contributed by atoms with Crippen LogP contribution in [0.1, 0.15) is 19.3 Å². The van der Waals surface area contributed by atoms with E-state index in [4.69, 9.17) is 16.3 Å². The second kappa shape index (κ2) is 7.40. The number of nitrogens with zero attached hydrogens (tertiary/aromatic N) is 2. The van der Waals surface area contributed by atoms with E-state index in [2.05, 4.69) is 0 Å². The van der Waals surface area contributed by atoms with Crippen LogP contribution in [0.25, 0.3) is 0 Å². The summed E-state index contributed by atoms with van der Waals surface area (Å²) in [5, 5.41) is 0.324. The fourth-order valence-corrected chi connectivity index (χ4v) is 3.79. The molecule has 1 amide bonds. The molecule has 0 bridgehead atoms. The minimum Gasteiger partial charge on any atom is -0.495 e. The molecule has 1 aliphatic rings. The Kier molecular flexibility index (Phi) is 5.75. The summed E-state index contributed by atoms with van der Waals surface area (Å²) < 4.78 is 30.4. The second-order valence-corrected chi connectivity index (χ2v) is 7.81. The maximum Gasteiger partial charge on any atom is 0.232 e. The van der Waals surface area contributed by atoms with Crippen LogP contribution in [0.15, 0.2) is 18.2 Å². The van der Waals surface area contributed by atoms with Crippen molar-refractivity contribution >= 4 is 33.2 Å². The Balaban J connectivity index is 2.14. The lowest BCUT2D eigenvalue weighted by Gasteiger charge is -2.24. The lowest BCUT2D eigenvalue weighted by molar-refractivity contribution is -0.129. The third kappa shape index (κ3) is 4.51. The van der Waals surface area contributed by atoms with E-state index in [9.17, 15) is 13.2 Å². The molecule has 0 aromatic heterocycles. The van der Waals surface area contributed by atoms with E-state index in [-0.39, 0.29) is 18.9 Å². The van der Waals surface area contributed by atoms with E-state index >= 15 is 0 Å². The number of methoxy groups -OCH3 is 1. The minimum absolute atomic E-state index is 0.0178. The standard InChI is InChI=1S/C15H21ClN2O4S/c1-22-14-6-5-12(11-13(14)16)18(23(2,20)21)10-7-15(19)17-8-3-4-9-17/h5-6,11H,3-4,7-10H2,1-2H3. The van der Waals surface area contributed by atoms with Gasteiger partial charge in [-0.25, -0.2) is 8.42 Å². The van der Waals surface area contributed by atoms with Gasteiger partial charge in [0.15, 0.2) is 0 Å². The predicted octanol–water partition coefficient (Wildman–Crippen LogP) is 2.13. The quantitative estimate of drug-likeness (QED) is 0.779. The van der Waals surface area contributed by atoms with Crippen LogP contribution in [0.5, 0.6) is 5.75 Å². The lowest BCUT2D eigenvalue weighted by atomic mass is 10.3. The summed E-state index contributed by atoms with van der Waals surface area (Å²) in [7, 11) is -2.02. The molecule has 0 atom stereocenters. The summed E-state index contributed by atoms with van der Waals surface area (Å²) in [4.78, 5) is 13.9. The van der Waals surface area contributed by atoms with Crippen LogP contribution in [0, 0.1) is 0 Å². The molecule has 128 valence electrons. The van der Waals surface area contributed by atoms with Crippen LogP contribution in [0.3, 0.4) is 0 Å². The van der Waals surface area contributed by atoms with Crippen molar-refractivity contribution in [1.29, 1.82) is 0 Å². The van der Waals surface area contributed by atoms with Gasteiger partial charge in [0.25, 0.3) is 0 Å². The number of rotatable bonds is 6. The summed E-state index contributed by atoms with van der Waals surface area (Å²) >= 11 is 6.07. The molecular formula is C15H21ClN2O4S. The number of ether oxygens (including phenoxy) is 1. The number of hydrogen-bond acceptors (Lipinski definition) is 4. The Morgan fingerprint density at radius 1 is 1.35 bits per heavy atom. The molecule has 2 rings (SSSR count). The van der Waals surface area contributed by atoms with Gasteiger partial charge in [-0.15, -0.1) is 0 Å². The number of carbonyl (C=O) groups is 1. The molecule has 1 saturated heterocycles. The number of sulfonamides is 1. The van der Waals surface area contributed by atoms with Gasteiger partial charge in [0, 0.05) is 26.1 Å². The smallest absolute Gasteiger partial charge is 0.232 e. The van der Waals surface area contributed by atoms with Crippen LogP contribution in [0.4, 0.5) is 5.69 Å². The number of halogens is 1. The first-order chi connectivity index (χ1) is 10.8. The average molecular weight is 361 g/mol. The van der Waals surface area contributed by atoms with Gasteiger partial charge in [-0.05, 0) is 31.0 Å². The average Bonchev–Trinajstić information content (AvgIpc) is 3.00. The first kappa shape index (κ1) is 17.9. The first-order valence-corrected chi connectivity index (χ1v) is 9.64. The molecule has 1 aromatic rings. The van der Waals surface area contributed by atoms with Crippen LogP contribution in [-0.4, -0.2) is 52.2 Å². The normalized spacial score (nSPS) is 14.8. The summed E-state index contributed by atoms with van der Waals surface area (Å²) in [5.41, 5.74) is 0.424. The fourth-order valence-electron chi connectivity index (χ4n) is 2.62. The molecule has 8 heteroatoms. The van der Waals surface area contributed by atoms with Crippen LogP contribution < -0.4 is 9.04 Å². The fraction of sp³-hybridized carbons (Fsp3) is 0.533. The van der Waals surface area contributed by atoms with E-state index in [0.717, 1.165) is 32.2 Å². The SMILES string of the molecule is COc1ccc(N(CCC(=O)N2CCCC2)S(C)(=O)=O)cc1Cl. The highest BCUT2D eigenvalue weighted by Crippen LogP contribution is 2.30. The van der Waals surface area contributed by atoms with E-state index in [1.807, 2.05) is 0 Å². The van der Waals surface area contributed by atoms with Gasteiger partial charge in [-0.3, -0.25) is 9.10 Å². The van der Waals surface area contributed by atoms with Gasteiger partial charge in [0.2, 0.25) is 15.9 Å². The number of likely N-dealkylation sites (tertiary alicyclic amines) is 1. The van der Waals surface area contributed by atoms with Gasteiger partial charge >= 0.3 is 0 Å². The third-order valence-corrected chi connectivity index (χ3v) is 5.30. The molecule has 0 radical (unpaired) electrons.